The van der Waals surface area contributed by atoms with Crippen LogP contribution in [0.15, 0.2) is 36.5 Å². The number of imide groups is 1. The molecule has 0 radical (unpaired) electrons. The first-order chi connectivity index (χ1) is 18.1. The van der Waals surface area contributed by atoms with Crippen molar-refractivity contribution in [2.75, 3.05) is 13.2 Å². The van der Waals surface area contributed by atoms with Gasteiger partial charge in [0.1, 0.15) is 11.7 Å². The maximum Gasteiger partial charge on any atom is 0.407 e. The molecular formula is C29H36N4O5. The molecule has 0 saturated carbocycles. The largest absolute Gasteiger partial charge is 0.465 e. The first-order valence-corrected chi connectivity index (χ1v) is 13.5. The summed E-state index contributed by atoms with van der Waals surface area (Å²) in [6.45, 7) is 7.33. The molecule has 2 saturated heterocycles. The van der Waals surface area contributed by atoms with Gasteiger partial charge in [-0.3, -0.25) is 14.9 Å². The highest BCUT2D eigenvalue weighted by Gasteiger charge is 2.39. The highest BCUT2D eigenvalue weighted by molar-refractivity contribution is 6.10. The number of amides is 3. The summed E-state index contributed by atoms with van der Waals surface area (Å²) in [5.41, 5.74) is 2.71. The number of nitrogens with zero attached hydrogens (tertiary/aromatic N) is 3. The third-order valence-corrected chi connectivity index (χ3v) is 7.94. The minimum absolute atomic E-state index is 0.0456. The number of aromatic nitrogens is 2. The van der Waals surface area contributed by atoms with E-state index in [0.29, 0.717) is 38.8 Å². The Morgan fingerprint density at radius 3 is 2.74 bits per heavy atom. The average Bonchev–Trinajstić information content (AvgIpc) is 3.21. The summed E-state index contributed by atoms with van der Waals surface area (Å²) in [6, 6.07) is 9.54. The van der Waals surface area contributed by atoms with Gasteiger partial charge in [-0.15, -0.1) is 0 Å². The summed E-state index contributed by atoms with van der Waals surface area (Å²) in [5.74, 6) is -0.518. The number of nitrogens with one attached hydrogen (secondary N) is 1. The van der Waals surface area contributed by atoms with Crippen LogP contribution in [-0.4, -0.2) is 62.8 Å². The molecule has 2 aromatic heterocycles. The van der Waals surface area contributed by atoms with E-state index in [9.17, 15) is 19.5 Å². The SMILES string of the molecule is CC(C)(C)C1CC(OCCCc2cccc3c2c2cccnc2n3C2CCC(=O)NC2=O)CCN1C(=O)O. The van der Waals surface area contributed by atoms with Crippen LogP contribution in [0.2, 0.25) is 0 Å². The second kappa shape index (κ2) is 10.4. The molecule has 3 unspecified atom stereocenters. The van der Waals surface area contributed by atoms with Crippen LogP contribution in [0.1, 0.15) is 64.5 Å². The first kappa shape index (κ1) is 26.2. The number of ether oxygens (including phenoxy) is 1. The van der Waals surface area contributed by atoms with Crippen LogP contribution in [0.25, 0.3) is 21.9 Å². The summed E-state index contributed by atoms with van der Waals surface area (Å²) in [5, 5.41) is 14.2. The summed E-state index contributed by atoms with van der Waals surface area (Å²) in [4.78, 5) is 42.4. The fourth-order valence-corrected chi connectivity index (χ4v) is 6.10. The molecule has 2 aliphatic rings. The molecular weight excluding hydrogens is 484 g/mol. The zero-order chi connectivity index (χ0) is 27.0. The van der Waals surface area contributed by atoms with Gasteiger partial charge in [-0.2, -0.15) is 0 Å². The summed E-state index contributed by atoms with van der Waals surface area (Å²) >= 11 is 0. The molecule has 0 aliphatic carbocycles. The topological polar surface area (TPSA) is 114 Å². The molecule has 9 nitrogen and oxygen atoms in total. The summed E-state index contributed by atoms with van der Waals surface area (Å²) in [7, 11) is 0. The van der Waals surface area contributed by atoms with E-state index in [-0.39, 0.29) is 29.4 Å². The number of carbonyl (C=O) groups excluding carboxylic acids is 2. The standard InChI is InChI=1S/C29H36N4O5/c1-29(2,3)23-17-19(13-15-32(23)28(36)37)38-16-6-8-18-7-4-10-21-25(18)20-9-5-14-30-26(20)33(21)22-11-12-24(34)31-27(22)35/h4-5,7,9-10,14,19,22-23H,6,8,11-13,15-17H2,1-3H3,(H,36,37)(H,31,34,35). The van der Waals surface area contributed by atoms with Gasteiger partial charge < -0.3 is 19.3 Å². The smallest absolute Gasteiger partial charge is 0.407 e. The quantitative estimate of drug-likeness (QED) is 0.361. The van der Waals surface area contributed by atoms with Crippen LogP contribution < -0.4 is 5.32 Å². The van der Waals surface area contributed by atoms with Gasteiger partial charge in [0.15, 0.2) is 0 Å². The van der Waals surface area contributed by atoms with Gasteiger partial charge in [0.05, 0.1) is 11.6 Å². The molecule has 2 N–H and O–H groups in total. The lowest BCUT2D eigenvalue weighted by Crippen LogP contribution is -2.53. The predicted octanol–water partition coefficient (Wildman–Crippen LogP) is 4.67. The van der Waals surface area contributed by atoms with E-state index >= 15 is 0 Å². The Morgan fingerprint density at radius 1 is 1.18 bits per heavy atom. The second-order valence-electron chi connectivity index (χ2n) is 11.5. The Kier molecular flexibility index (Phi) is 7.13. The number of hydrogen-bond donors (Lipinski definition) is 2. The number of piperidine rings is 2. The van der Waals surface area contributed by atoms with Crippen molar-refractivity contribution in [1.29, 1.82) is 0 Å². The average molecular weight is 521 g/mol. The maximum absolute atomic E-state index is 12.7. The van der Waals surface area contributed by atoms with E-state index in [1.165, 1.54) is 5.56 Å². The fraction of sp³-hybridized carbons (Fsp3) is 0.517. The highest BCUT2D eigenvalue weighted by atomic mass is 16.5. The lowest BCUT2D eigenvalue weighted by atomic mass is 9.80. The van der Waals surface area contributed by atoms with E-state index in [4.69, 9.17) is 4.74 Å². The zero-order valence-corrected chi connectivity index (χ0v) is 22.3. The van der Waals surface area contributed by atoms with E-state index in [1.807, 2.05) is 28.8 Å². The van der Waals surface area contributed by atoms with Crippen molar-refractivity contribution in [2.45, 2.75) is 77.5 Å². The second-order valence-corrected chi connectivity index (χ2v) is 11.5. The molecule has 5 rings (SSSR count). The van der Waals surface area contributed by atoms with Gasteiger partial charge >= 0.3 is 6.09 Å². The highest BCUT2D eigenvalue weighted by Crippen LogP contribution is 2.36. The maximum atomic E-state index is 12.7. The number of carbonyl (C=O) groups is 3. The molecule has 3 atom stereocenters. The van der Waals surface area contributed by atoms with E-state index in [0.717, 1.165) is 34.8 Å². The Hall–Kier alpha value is -3.46. The number of rotatable bonds is 6. The lowest BCUT2D eigenvalue weighted by Gasteiger charge is -2.44. The number of aryl methyl sites for hydroxylation is 1. The minimum Gasteiger partial charge on any atom is -0.465 e. The Balaban J connectivity index is 1.32. The van der Waals surface area contributed by atoms with Crippen LogP contribution in [-0.2, 0) is 20.7 Å². The molecule has 3 amide bonds. The molecule has 0 spiro atoms. The van der Waals surface area contributed by atoms with Crippen LogP contribution in [0.5, 0.6) is 0 Å². The Bertz CT molecular complexity index is 1370. The molecule has 0 bridgehead atoms. The monoisotopic (exact) mass is 520 g/mol. The van der Waals surface area contributed by atoms with E-state index < -0.39 is 12.1 Å². The van der Waals surface area contributed by atoms with Crippen molar-refractivity contribution in [2.24, 2.45) is 5.41 Å². The van der Waals surface area contributed by atoms with Gasteiger partial charge in [-0.1, -0.05) is 32.9 Å². The molecule has 2 fully saturated rings. The minimum atomic E-state index is -0.859. The Labute approximate surface area is 222 Å². The van der Waals surface area contributed by atoms with Crippen LogP contribution in [0, 0.1) is 5.41 Å². The molecule has 1 aromatic carbocycles. The van der Waals surface area contributed by atoms with Gasteiger partial charge in [-0.25, -0.2) is 9.78 Å². The summed E-state index contributed by atoms with van der Waals surface area (Å²) in [6.07, 6.45) is 4.72. The Morgan fingerprint density at radius 2 is 2.00 bits per heavy atom. The molecule has 4 heterocycles. The molecule has 2 aliphatic heterocycles. The predicted molar refractivity (Wildman–Crippen MR) is 144 cm³/mol. The van der Waals surface area contributed by atoms with Crippen molar-refractivity contribution in [3.63, 3.8) is 0 Å². The van der Waals surface area contributed by atoms with Crippen LogP contribution >= 0.6 is 0 Å². The van der Waals surface area contributed by atoms with Crippen molar-refractivity contribution >= 4 is 39.8 Å². The number of benzene rings is 1. The van der Waals surface area contributed by atoms with Gasteiger partial charge in [0, 0.05) is 42.6 Å². The molecule has 3 aromatic rings. The zero-order valence-electron chi connectivity index (χ0n) is 22.3. The lowest BCUT2D eigenvalue weighted by molar-refractivity contribution is -0.135. The third kappa shape index (κ3) is 4.99. The van der Waals surface area contributed by atoms with Gasteiger partial charge in [-0.05, 0) is 61.3 Å². The fourth-order valence-electron chi connectivity index (χ4n) is 6.10. The van der Waals surface area contributed by atoms with Gasteiger partial charge in [0.25, 0.3) is 0 Å². The van der Waals surface area contributed by atoms with Crippen molar-refractivity contribution in [1.82, 2.24) is 19.8 Å². The number of fused-ring (bicyclic) bond motifs is 3. The summed E-state index contributed by atoms with van der Waals surface area (Å²) < 4.78 is 8.24. The van der Waals surface area contributed by atoms with Gasteiger partial charge in [0.2, 0.25) is 11.8 Å². The van der Waals surface area contributed by atoms with Crippen molar-refractivity contribution < 1.29 is 24.2 Å². The van der Waals surface area contributed by atoms with E-state index in [2.05, 4.69) is 37.1 Å². The van der Waals surface area contributed by atoms with Crippen LogP contribution in [0.4, 0.5) is 4.79 Å². The molecule has 9 heteroatoms. The third-order valence-electron chi connectivity index (χ3n) is 7.94. The normalized spacial score (nSPS) is 22.7. The molecule has 38 heavy (non-hydrogen) atoms. The number of pyridine rings is 1. The number of likely N-dealkylation sites (tertiary alicyclic amines) is 1. The van der Waals surface area contributed by atoms with Crippen molar-refractivity contribution in [3.8, 4) is 0 Å². The van der Waals surface area contributed by atoms with Crippen molar-refractivity contribution in [3.05, 3.63) is 42.1 Å². The molecule has 202 valence electrons. The first-order valence-electron chi connectivity index (χ1n) is 13.5. The van der Waals surface area contributed by atoms with E-state index in [1.54, 1.807) is 11.1 Å². The number of hydrogen-bond acceptors (Lipinski definition) is 5. The number of carboxylic acid groups (broad SMARTS) is 1. The van der Waals surface area contributed by atoms with Crippen LogP contribution in [0.3, 0.4) is 0 Å².